The van der Waals surface area contributed by atoms with Crippen LogP contribution < -0.4 is 5.32 Å². The molecule has 0 saturated carbocycles. The highest BCUT2D eigenvalue weighted by Crippen LogP contribution is 2.14. The summed E-state index contributed by atoms with van der Waals surface area (Å²) in [5, 5.41) is 3.00. The molecule has 0 unspecified atom stereocenters. The maximum Gasteiger partial charge on any atom is 0.168 e. The fourth-order valence-electron chi connectivity index (χ4n) is 1.82. The number of anilines is 1. The van der Waals surface area contributed by atoms with E-state index >= 15 is 0 Å². The zero-order valence-corrected chi connectivity index (χ0v) is 11.3. The third kappa shape index (κ3) is 3.79. The van der Waals surface area contributed by atoms with Gasteiger partial charge < -0.3 is 5.32 Å². The van der Waals surface area contributed by atoms with E-state index in [1.807, 2.05) is 31.2 Å². The van der Waals surface area contributed by atoms with Crippen LogP contribution in [0.2, 0.25) is 0 Å². The van der Waals surface area contributed by atoms with Crippen molar-refractivity contribution in [2.45, 2.75) is 13.3 Å². The Labute approximate surface area is 118 Å². The van der Waals surface area contributed by atoms with Crippen molar-refractivity contribution >= 4 is 11.5 Å². The molecule has 0 aromatic heterocycles. The summed E-state index contributed by atoms with van der Waals surface area (Å²) in [7, 11) is 0. The van der Waals surface area contributed by atoms with Gasteiger partial charge in [0.05, 0.1) is 6.42 Å². The van der Waals surface area contributed by atoms with Gasteiger partial charge in [-0.15, -0.1) is 0 Å². The summed E-state index contributed by atoms with van der Waals surface area (Å²) in [6.07, 6.45) is 0.209. The molecule has 0 heterocycles. The van der Waals surface area contributed by atoms with Gasteiger partial charge in [0.1, 0.15) is 5.82 Å². The number of carbonyl (C=O) groups is 1. The number of carbonyl (C=O) groups excluding carboxylic acids is 1. The van der Waals surface area contributed by atoms with E-state index in [9.17, 15) is 9.18 Å². The second-order valence-electron chi connectivity index (χ2n) is 4.70. The minimum absolute atomic E-state index is 0.00427. The number of nitrogens with one attached hydrogen (secondary N) is 1. The van der Waals surface area contributed by atoms with E-state index in [-0.39, 0.29) is 18.0 Å². The molecule has 0 aliphatic rings. The van der Waals surface area contributed by atoms with Gasteiger partial charge in [0.25, 0.3) is 0 Å². The van der Waals surface area contributed by atoms with Crippen molar-refractivity contribution < 1.29 is 9.18 Å². The second kappa shape index (κ2) is 6.15. The highest BCUT2D eigenvalue weighted by molar-refractivity contribution is 5.97. The molecule has 0 spiro atoms. The molecular weight excluding hydrogens is 253 g/mol. The lowest BCUT2D eigenvalue weighted by Gasteiger charge is -2.09. The predicted molar refractivity (Wildman–Crippen MR) is 79.3 cm³/mol. The SMILES string of the molecule is C=C(CC(=O)c1ccc(C)cc1)Nc1ccc(F)cc1. The average Bonchev–Trinajstić information content (AvgIpc) is 2.42. The van der Waals surface area contributed by atoms with Gasteiger partial charge in [0, 0.05) is 16.9 Å². The van der Waals surface area contributed by atoms with E-state index in [2.05, 4.69) is 11.9 Å². The summed E-state index contributed by atoms with van der Waals surface area (Å²) in [6.45, 7) is 5.81. The van der Waals surface area contributed by atoms with Crippen molar-refractivity contribution in [2.24, 2.45) is 0 Å². The molecule has 0 aliphatic heterocycles. The third-order valence-electron chi connectivity index (χ3n) is 2.91. The fraction of sp³-hybridized carbons (Fsp3) is 0.118. The summed E-state index contributed by atoms with van der Waals surface area (Å²) in [6, 6.07) is 13.4. The summed E-state index contributed by atoms with van der Waals surface area (Å²) in [5.41, 5.74) is 3.08. The van der Waals surface area contributed by atoms with E-state index < -0.39 is 0 Å². The lowest BCUT2D eigenvalue weighted by molar-refractivity contribution is 0.0993. The van der Waals surface area contributed by atoms with Gasteiger partial charge >= 0.3 is 0 Å². The smallest absolute Gasteiger partial charge is 0.168 e. The van der Waals surface area contributed by atoms with E-state index in [1.165, 1.54) is 12.1 Å². The van der Waals surface area contributed by atoms with E-state index in [4.69, 9.17) is 0 Å². The molecule has 0 radical (unpaired) electrons. The standard InChI is InChI=1S/C17H16FNO/c1-12-3-5-14(6-4-12)17(20)11-13(2)19-16-9-7-15(18)8-10-16/h3-10,19H,2,11H2,1H3. The quantitative estimate of drug-likeness (QED) is 0.818. The lowest BCUT2D eigenvalue weighted by Crippen LogP contribution is -2.06. The zero-order valence-electron chi connectivity index (χ0n) is 11.3. The van der Waals surface area contributed by atoms with Gasteiger partial charge in [0.2, 0.25) is 0 Å². The van der Waals surface area contributed by atoms with Crippen LogP contribution in [0.1, 0.15) is 22.3 Å². The molecule has 0 aliphatic carbocycles. The van der Waals surface area contributed by atoms with Crippen LogP contribution in [0.4, 0.5) is 10.1 Å². The normalized spacial score (nSPS) is 10.1. The largest absolute Gasteiger partial charge is 0.359 e. The Bertz CT molecular complexity index is 614. The molecule has 0 saturated heterocycles. The van der Waals surface area contributed by atoms with Crippen LogP contribution in [0.3, 0.4) is 0 Å². The van der Waals surface area contributed by atoms with E-state index in [1.54, 1.807) is 12.1 Å². The first-order valence-corrected chi connectivity index (χ1v) is 6.35. The Morgan fingerprint density at radius 3 is 2.30 bits per heavy atom. The van der Waals surface area contributed by atoms with Crippen LogP contribution in [-0.2, 0) is 0 Å². The maximum atomic E-state index is 12.8. The Morgan fingerprint density at radius 2 is 1.70 bits per heavy atom. The zero-order chi connectivity index (χ0) is 14.5. The van der Waals surface area contributed by atoms with Crippen molar-refractivity contribution in [3.05, 3.63) is 77.8 Å². The van der Waals surface area contributed by atoms with Gasteiger partial charge in [-0.25, -0.2) is 4.39 Å². The van der Waals surface area contributed by atoms with Crippen molar-refractivity contribution in [3.8, 4) is 0 Å². The number of rotatable bonds is 5. The van der Waals surface area contributed by atoms with Gasteiger partial charge in [-0.1, -0.05) is 36.4 Å². The van der Waals surface area contributed by atoms with Crippen molar-refractivity contribution in [2.75, 3.05) is 5.32 Å². The molecule has 2 rings (SSSR count). The van der Waals surface area contributed by atoms with Crippen molar-refractivity contribution in [3.63, 3.8) is 0 Å². The Hall–Kier alpha value is -2.42. The molecule has 20 heavy (non-hydrogen) atoms. The topological polar surface area (TPSA) is 29.1 Å². The first kappa shape index (κ1) is 14.0. The molecule has 3 heteroatoms. The van der Waals surface area contributed by atoms with Gasteiger partial charge in [-0.2, -0.15) is 0 Å². The molecule has 0 amide bonds. The molecule has 102 valence electrons. The molecule has 0 fully saturated rings. The summed E-state index contributed by atoms with van der Waals surface area (Å²) in [5.74, 6) is -0.290. The van der Waals surface area contributed by atoms with Gasteiger partial charge in [0.15, 0.2) is 5.78 Å². The number of halogens is 1. The Kier molecular flexibility index (Phi) is 4.31. The molecule has 2 nitrogen and oxygen atoms in total. The van der Waals surface area contributed by atoms with Crippen LogP contribution in [0.5, 0.6) is 0 Å². The first-order chi connectivity index (χ1) is 9.54. The summed E-state index contributed by atoms with van der Waals surface area (Å²) in [4.78, 5) is 12.0. The van der Waals surface area contributed by atoms with Crippen LogP contribution in [0.15, 0.2) is 60.8 Å². The van der Waals surface area contributed by atoms with Crippen LogP contribution >= 0.6 is 0 Å². The second-order valence-corrected chi connectivity index (χ2v) is 4.70. The number of ketones is 1. The maximum absolute atomic E-state index is 12.8. The lowest BCUT2D eigenvalue weighted by atomic mass is 10.1. The highest BCUT2D eigenvalue weighted by Gasteiger charge is 2.07. The number of hydrogen-bond acceptors (Lipinski definition) is 2. The number of Topliss-reactive ketones (excluding diaryl/α,β-unsaturated/α-hetero) is 1. The molecule has 1 N–H and O–H groups in total. The minimum atomic E-state index is -0.295. The Morgan fingerprint density at radius 1 is 1.10 bits per heavy atom. The van der Waals surface area contributed by atoms with E-state index in [0.717, 1.165) is 5.56 Å². The fourth-order valence-corrected chi connectivity index (χ4v) is 1.82. The minimum Gasteiger partial charge on any atom is -0.359 e. The van der Waals surface area contributed by atoms with Crippen molar-refractivity contribution in [1.82, 2.24) is 0 Å². The number of benzene rings is 2. The van der Waals surface area contributed by atoms with Gasteiger partial charge in [-0.05, 0) is 31.2 Å². The van der Waals surface area contributed by atoms with E-state index in [0.29, 0.717) is 16.9 Å². The molecule has 2 aromatic rings. The highest BCUT2D eigenvalue weighted by atomic mass is 19.1. The number of allylic oxidation sites excluding steroid dienone is 1. The van der Waals surface area contributed by atoms with Crippen molar-refractivity contribution in [1.29, 1.82) is 0 Å². The molecule has 2 aromatic carbocycles. The Balaban J connectivity index is 1.95. The molecule has 0 atom stereocenters. The summed E-state index contributed by atoms with van der Waals surface area (Å²) < 4.78 is 12.8. The number of hydrogen-bond donors (Lipinski definition) is 1. The molecule has 0 bridgehead atoms. The number of aryl methyl sites for hydroxylation is 1. The summed E-state index contributed by atoms with van der Waals surface area (Å²) >= 11 is 0. The monoisotopic (exact) mass is 269 g/mol. The van der Waals surface area contributed by atoms with Crippen LogP contribution in [0, 0.1) is 12.7 Å². The van der Waals surface area contributed by atoms with Gasteiger partial charge in [-0.3, -0.25) is 4.79 Å². The van der Waals surface area contributed by atoms with Crippen LogP contribution in [0.25, 0.3) is 0 Å². The third-order valence-corrected chi connectivity index (χ3v) is 2.91. The molecular formula is C17H16FNO. The first-order valence-electron chi connectivity index (χ1n) is 6.35. The average molecular weight is 269 g/mol. The predicted octanol–water partition coefficient (Wildman–Crippen LogP) is 4.33. The van der Waals surface area contributed by atoms with Crippen LogP contribution in [-0.4, -0.2) is 5.78 Å².